The SMILES string of the molecule is COC(=O)[C@@H]1CCCN1Cc1ccco1. The average molecular weight is 209 g/mol. The van der Waals surface area contributed by atoms with Crippen molar-refractivity contribution in [3.63, 3.8) is 0 Å². The molecule has 0 N–H and O–H groups in total. The fourth-order valence-corrected chi connectivity index (χ4v) is 2.02. The first-order chi connectivity index (χ1) is 7.31. The molecule has 0 aromatic carbocycles. The van der Waals surface area contributed by atoms with Crippen LogP contribution in [0.2, 0.25) is 0 Å². The number of ether oxygens (including phenoxy) is 1. The fraction of sp³-hybridized carbons (Fsp3) is 0.545. The summed E-state index contributed by atoms with van der Waals surface area (Å²) in [5, 5.41) is 0. The Morgan fingerprint density at radius 2 is 2.60 bits per heavy atom. The Labute approximate surface area is 88.8 Å². The van der Waals surface area contributed by atoms with Crippen LogP contribution in [0.25, 0.3) is 0 Å². The van der Waals surface area contributed by atoms with Gasteiger partial charge in [0, 0.05) is 0 Å². The highest BCUT2D eigenvalue weighted by atomic mass is 16.5. The molecule has 4 nitrogen and oxygen atoms in total. The van der Waals surface area contributed by atoms with E-state index < -0.39 is 0 Å². The van der Waals surface area contributed by atoms with Crippen LogP contribution >= 0.6 is 0 Å². The molecule has 1 fully saturated rings. The minimum Gasteiger partial charge on any atom is -0.468 e. The molecule has 82 valence electrons. The third kappa shape index (κ3) is 2.21. The molecule has 1 aliphatic heterocycles. The van der Waals surface area contributed by atoms with Crippen molar-refractivity contribution in [2.24, 2.45) is 0 Å². The van der Waals surface area contributed by atoms with Crippen LogP contribution in [-0.4, -0.2) is 30.6 Å². The Balaban J connectivity index is 1.99. The van der Waals surface area contributed by atoms with E-state index in [9.17, 15) is 4.79 Å². The number of methoxy groups -OCH3 is 1. The Hall–Kier alpha value is -1.29. The second-order valence-corrected chi connectivity index (χ2v) is 3.73. The van der Waals surface area contributed by atoms with Crippen LogP contribution in [0.5, 0.6) is 0 Å². The van der Waals surface area contributed by atoms with E-state index in [1.54, 1.807) is 6.26 Å². The zero-order chi connectivity index (χ0) is 10.7. The molecule has 0 saturated carbocycles. The van der Waals surface area contributed by atoms with Gasteiger partial charge >= 0.3 is 5.97 Å². The van der Waals surface area contributed by atoms with Crippen molar-refractivity contribution >= 4 is 5.97 Å². The van der Waals surface area contributed by atoms with Gasteiger partial charge in [0.25, 0.3) is 0 Å². The summed E-state index contributed by atoms with van der Waals surface area (Å²) >= 11 is 0. The zero-order valence-electron chi connectivity index (χ0n) is 8.81. The second-order valence-electron chi connectivity index (χ2n) is 3.73. The Morgan fingerprint density at radius 1 is 1.73 bits per heavy atom. The highest BCUT2D eigenvalue weighted by molar-refractivity contribution is 5.75. The highest BCUT2D eigenvalue weighted by Gasteiger charge is 2.31. The smallest absolute Gasteiger partial charge is 0.323 e. The number of carbonyl (C=O) groups is 1. The molecule has 0 amide bonds. The minimum absolute atomic E-state index is 0.0971. The first-order valence-electron chi connectivity index (χ1n) is 5.15. The lowest BCUT2D eigenvalue weighted by atomic mass is 10.2. The lowest BCUT2D eigenvalue weighted by molar-refractivity contribution is -0.146. The lowest BCUT2D eigenvalue weighted by Crippen LogP contribution is -2.36. The van der Waals surface area contributed by atoms with Gasteiger partial charge in [-0.05, 0) is 31.5 Å². The van der Waals surface area contributed by atoms with E-state index in [1.165, 1.54) is 7.11 Å². The summed E-state index contributed by atoms with van der Waals surface area (Å²) in [6.07, 6.45) is 3.58. The van der Waals surface area contributed by atoms with E-state index in [4.69, 9.17) is 9.15 Å². The van der Waals surface area contributed by atoms with Gasteiger partial charge in [0.05, 0.1) is 19.9 Å². The maximum atomic E-state index is 11.5. The molecule has 1 aromatic rings. The number of likely N-dealkylation sites (tertiary alicyclic amines) is 1. The monoisotopic (exact) mass is 209 g/mol. The molecule has 1 aromatic heterocycles. The molecule has 0 radical (unpaired) electrons. The Kier molecular flexibility index (Phi) is 3.06. The minimum atomic E-state index is -0.140. The predicted octanol–water partition coefficient (Wildman–Crippen LogP) is 1.42. The molecule has 2 rings (SSSR count). The van der Waals surface area contributed by atoms with E-state index in [-0.39, 0.29) is 12.0 Å². The molecule has 0 bridgehead atoms. The lowest BCUT2D eigenvalue weighted by Gasteiger charge is -2.20. The van der Waals surface area contributed by atoms with E-state index >= 15 is 0 Å². The van der Waals surface area contributed by atoms with Crippen LogP contribution in [-0.2, 0) is 16.1 Å². The third-order valence-electron chi connectivity index (χ3n) is 2.78. The number of furan rings is 1. The van der Waals surface area contributed by atoms with Crippen molar-refractivity contribution < 1.29 is 13.9 Å². The summed E-state index contributed by atoms with van der Waals surface area (Å²) in [6.45, 7) is 1.62. The van der Waals surface area contributed by atoms with E-state index in [2.05, 4.69) is 4.90 Å². The molecule has 1 aliphatic rings. The van der Waals surface area contributed by atoms with Crippen LogP contribution in [0, 0.1) is 0 Å². The summed E-state index contributed by atoms with van der Waals surface area (Å²) in [4.78, 5) is 13.6. The molecule has 2 heterocycles. The van der Waals surface area contributed by atoms with E-state index in [0.29, 0.717) is 6.54 Å². The molecule has 0 aliphatic carbocycles. The Morgan fingerprint density at radius 3 is 3.27 bits per heavy atom. The molecule has 1 saturated heterocycles. The molecule has 1 atom stereocenters. The first-order valence-corrected chi connectivity index (χ1v) is 5.15. The largest absolute Gasteiger partial charge is 0.468 e. The number of rotatable bonds is 3. The van der Waals surface area contributed by atoms with Gasteiger partial charge in [-0.15, -0.1) is 0 Å². The molecular weight excluding hydrogens is 194 g/mol. The zero-order valence-corrected chi connectivity index (χ0v) is 8.81. The fourth-order valence-electron chi connectivity index (χ4n) is 2.02. The third-order valence-corrected chi connectivity index (χ3v) is 2.78. The van der Waals surface area contributed by atoms with E-state index in [0.717, 1.165) is 25.1 Å². The normalized spacial score (nSPS) is 21.8. The molecule has 4 heteroatoms. The van der Waals surface area contributed by atoms with E-state index in [1.807, 2.05) is 12.1 Å². The summed E-state index contributed by atoms with van der Waals surface area (Å²) in [7, 11) is 1.44. The molecule has 0 spiro atoms. The quantitative estimate of drug-likeness (QED) is 0.706. The van der Waals surface area contributed by atoms with Gasteiger partial charge in [0.1, 0.15) is 11.8 Å². The van der Waals surface area contributed by atoms with Crippen molar-refractivity contribution in [2.75, 3.05) is 13.7 Å². The van der Waals surface area contributed by atoms with Gasteiger partial charge in [-0.2, -0.15) is 0 Å². The van der Waals surface area contributed by atoms with Crippen molar-refractivity contribution in [1.82, 2.24) is 4.90 Å². The van der Waals surface area contributed by atoms with Crippen molar-refractivity contribution in [3.8, 4) is 0 Å². The van der Waals surface area contributed by atoms with Gasteiger partial charge in [-0.25, -0.2) is 0 Å². The van der Waals surface area contributed by atoms with Crippen LogP contribution in [0.4, 0.5) is 0 Å². The maximum absolute atomic E-state index is 11.5. The number of hydrogen-bond donors (Lipinski definition) is 0. The summed E-state index contributed by atoms with van der Waals surface area (Å²) in [6, 6.07) is 3.69. The molecular formula is C11H15NO3. The molecule has 0 unspecified atom stereocenters. The van der Waals surface area contributed by atoms with Crippen LogP contribution in [0.3, 0.4) is 0 Å². The van der Waals surface area contributed by atoms with Crippen LogP contribution in [0.1, 0.15) is 18.6 Å². The van der Waals surface area contributed by atoms with Crippen LogP contribution < -0.4 is 0 Å². The van der Waals surface area contributed by atoms with Crippen molar-refractivity contribution in [2.45, 2.75) is 25.4 Å². The molecule has 15 heavy (non-hydrogen) atoms. The second kappa shape index (κ2) is 4.49. The summed E-state index contributed by atoms with van der Waals surface area (Å²) < 4.78 is 10.0. The van der Waals surface area contributed by atoms with Gasteiger partial charge in [0.2, 0.25) is 0 Å². The number of hydrogen-bond acceptors (Lipinski definition) is 4. The highest BCUT2D eigenvalue weighted by Crippen LogP contribution is 2.20. The number of esters is 1. The predicted molar refractivity (Wildman–Crippen MR) is 54.2 cm³/mol. The first kappa shape index (κ1) is 10.2. The number of carbonyl (C=O) groups excluding carboxylic acids is 1. The summed E-state index contributed by atoms with van der Waals surface area (Å²) in [5.41, 5.74) is 0. The van der Waals surface area contributed by atoms with Gasteiger partial charge in [0.15, 0.2) is 0 Å². The van der Waals surface area contributed by atoms with Crippen molar-refractivity contribution in [1.29, 1.82) is 0 Å². The maximum Gasteiger partial charge on any atom is 0.323 e. The topological polar surface area (TPSA) is 42.7 Å². The summed E-state index contributed by atoms with van der Waals surface area (Å²) in [5.74, 6) is 0.754. The average Bonchev–Trinajstić information content (AvgIpc) is 2.88. The van der Waals surface area contributed by atoms with Gasteiger partial charge in [-0.1, -0.05) is 0 Å². The van der Waals surface area contributed by atoms with Gasteiger partial charge in [-0.3, -0.25) is 9.69 Å². The van der Waals surface area contributed by atoms with Crippen LogP contribution in [0.15, 0.2) is 22.8 Å². The number of nitrogens with zero attached hydrogens (tertiary/aromatic N) is 1. The Bertz CT molecular complexity index is 321. The van der Waals surface area contributed by atoms with Crippen molar-refractivity contribution in [3.05, 3.63) is 24.2 Å². The standard InChI is InChI=1S/C11H15NO3/c1-14-11(13)10-5-2-6-12(10)8-9-4-3-7-15-9/h3-4,7,10H,2,5-6,8H2,1H3/t10-/m0/s1. The van der Waals surface area contributed by atoms with Gasteiger partial charge < -0.3 is 9.15 Å².